The number of benzene rings is 3. The van der Waals surface area contributed by atoms with E-state index in [1.807, 2.05) is 30.3 Å². The molecule has 36 heavy (non-hydrogen) atoms. The zero-order valence-electron chi connectivity index (χ0n) is 20.5. The highest BCUT2D eigenvalue weighted by molar-refractivity contribution is 5.99. The van der Waals surface area contributed by atoms with Gasteiger partial charge < -0.3 is 29.0 Å². The number of ether oxygens (including phenoxy) is 5. The van der Waals surface area contributed by atoms with E-state index in [9.17, 15) is 14.9 Å². The molecule has 10 heteroatoms. The van der Waals surface area contributed by atoms with Gasteiger partial charge in [-0.15, -0.1) is 0 Å². The molecule has 0 aliphatic heterocycles. The summed E-state index contributed by atoms with van der Waals surface area (Å²) in [5.74, 6) is 1.20. The number of nitro benzene ring substituents is 1. The molecule has 0 heterocycles. The Kier molecular flexibility index (Phi) is 8.93. The van der Waals surface area contributed by atoms with Crippen LogP contribution in [0.2, 0.25) is 0 Å². The van der Waals surface area contributed by atoms with E-state index >= 15 is 0 Å². The van der Waals surface area contributed by atoms with E-state index in [2.05, 4.69) is 5.32 Å². The molecule has 0 aliphatic carbocycles. The van der Waals surface area contributed by atoms with Crippen molar-refractivity contribution in [3.63, 3.8) is 0 Å². The van der Waals surface area contributed by atoms with Crippen molar-refractivity contribution in [3.8, 4) is 28.7 Å². The highest BCUT2D eigenvalue weighted by atomic mass is 16.6. The van der Waals surface area contributed by atoms with Crippen LogP contribution in [0, 0.1) is 10.1 Å². The molecule has 190 valence electrons. The van der Waals surface area contributed by atoms with Gasteiger partial charge in [0.05, 0.1) is 39.4 Å². The average Bonchev–Trinajstić information content (AvgIpc) is 2.91. The van der Waals surface area contributed by atoms with Gasteiger partial charge in [0.25, 0.3) is 11.6 Å². The Hall–Kier alpha value is -4.47. The molecule has 0 saturated carbocycles. The summed E-state index contributed by atoms with van der Waals surface area (Å²) in [6.45, 7) is 0.392. The molecule has 0 atom stereocenters. The Bertz CT molecular complexity index is 1210. The summed E-state index contributed by atoms with van der Waals surface area (Å²) < 4.78 is 27.2. The lowest BCUT2D eigenvalue weighted by Crippen LogP contribution is -2.26. The van der Waals surface area contributed by atoms with Crippen LogP contribution in [0.4, 0.5) is 5.69 Å². The highest BCUT2D eigenvalue weighted by Gasteiger charge is 2.25. The Balaban J connectivity index is 1.79. The third-order valence-electron chi connectivity index (χ3n) is 5.43. The zero-order valence-corrected chi connectivity index (χ0v) is 20.5. The van der Waals surface area contributed by atoms with Crippen molar-refractivity contribution in [3.05, 3.63) is 81.4 Å². The first-order chi connectivity index (χ1) is 17.4. The first-order valence-corrected chi connectivity index (χ1v) is 11.0. The molecule has 0 spiro atoms. The molecule has 3 aromatic rings. The Morgan fingerprint density at radius 3 is 2.17 bits per heavy atom. The number of hydrogen-bond donors (Lipinski definition) is 1. The quantitative estimate of drug-likeness (QED) is 0.293. The molecule has 0 bridgehead atoms. The van der Waals surface area contributed by atoms with E-state index in [0.29, 0.717) is 23.7 Å². The summed E-state index contributed by atoms with van der Waals surface area (Å²) >= 11 is 0. The third kappa shape index (κ3) is 5.96. The maximum Gasteiger partial charge on any atom is 0.286 e. The lowest BCUT2D eigenvalue weighted by atomic mass is 10.1. The Morgan fingerprint density at radius 1 is 0.861 bits per heavy atom. The molecule has 0 unspecified atom stereocenters. The molecule has 1 amide bonds. The van der Waals surface area contributed by atoms with Crippen LogP contribution in [0.25, 0.3) is 0 Å². The van der Waals surface area contributed by atoms with Crippen LogP contribution in [-0.4, -0.2) is 45.8 Å². The topological polar surface area (TPSA) is 118 Å². The number of carbonyl (C=O) groups excluding carboxylic acids is 1. The van der Waals surface area contributed by atoms with Gasteiger partial charge >= 0.3 is 0 Å². The van der Waals surface area contributed by atoms with Crippen molar-refractivity contribution in [2.75, 3.05) is 35.0 Å². The van der Waals surface area contributed by atoms with E-state index in [-0.39, 0.29) is 35.9 Å². The number of hydrogen-bond acceptors (Lipinski definition) is 8. The van der Waals surface area contributed by atoms with E-state index in [0.717, 1.165) is 11.1 Å². The summed E-state index contributed by atoms with van der Waals surface area (Å²) in [6.07, 6.45) is 0.386. The summed E-state index contributed by atoms with van der Waals surface area (Å²) in [5, 5.41) is 14.4. The first kappa shape index (κ1) is 26.1. The van der Waals surface area contributed by atoms with E-state index in [4.69, 9.17) is 23.7 Å². The van der Waals surface area contributed by atoms with Crippen LogP contribution in [0.1, 0.15) is 21.5 Å². The molecule has 3 rings (SSSR count). The zero-order chi connectivity index (χ0) is 26.1. The number of nitro groups is 1. The van der Waals surface area contributed by atoms with Gasteiger partial charge in [-0.3, -0.25) is 14.9 Å². The molecule has 10 nitrogen and oxygen atoms in total. The van der Waals surface area contributed by atoms with Gasteiger partial charge in [0.1, 0.15) is 12.2 Å². The number of carbonyl (C=O) groups is 1. The number of methoxy groups -OCH3 is 4. The second-order valence-corrected chi connectivity index (χ2v) is 7.55. The second kappa shape index (κ2) is 12.3. The first-order valence-electron chi connectivity index (χ1n) is 11.0. The molecule has 0 fully saturated rings. The summed E-state index contributed by atoms with van der Waals surface area (Å²) in [7, 11) is 5.92. The van der Waals surface area contributed by atoms with Crippen LogP contribution < -0.4 is 29.0 Å². The smallest absolute Gasteiger partial charge is 0.286 e. The van der Waals surface area contributed by atoms with Crippen LogP contribution in [0.15, 0.2) is 54.6 Å². The largest absolute Gasteiger partial charge is 0.493 e. The van der Waals surface area contributed by atoms with E-state index in [1.165, 1.54) is 40.6 Å². The van der Waals surface area contributed by atoms with Gasteiger partial charge in [0, 0.05) is 18.2 Å². The van der Waals surface area contributed by atoms with Crippen molar-refractivity contribution < 1.29 is 33.4 Å². The van der Waals surface area contributed by atoms with Crippen molar-refractivity contribution in [2.24, 2.45) is 0 Å². The summed E-state index contributed by atoms with van der Waals surface area (Å²) in [5.41, 5.74) is 1.14. The lowest BCUT2D eigenvalue weighted by molar-refractivity contribution is -0.385. The lowest BCUT2D eigenvalue weighted by Gasteiger charge is -2.16. The maximum atomic E-state index is 13.0. The fourth-order valence-electron chi connectivity index (χ4n) is 3.66. The van der Waals surface area contributed by atoms with Gasteiger partial charge in [-0.2, -0.15) is 0 Å². The molecule has 3 aromatic carbocycles. The Labute approximate surface area is 208 Å². The average molecular weight is 497 g/mol. The monoisotopic (exact) mass is 496 g/mol. The van der Waals surface area contributed by atoms with Gasteiger partial charge in [-0.05, 0) is 18.1 Å². The van der Waals surface area contributed by atoms with Crippen molar-refractivity contribution in [2.45, 2.75) is 13.0 Å². The van der Waals surface area contributed by atoms with E-state index in [1.54, 1.807) is 12.1 Å². The standard InChI is InChI=1S/C26H28N2O8/c1-32-21-11-10-18(24(34-3)25(21)35-4)12-13-27-26(29)19-14-23(22(33-2)15-20(19)28(30)31)36-16-17-8-6-5-7-9-17/h5-11,14-15H,12-13,16H2,1-4H3,(H,27,29). The number of nitrogens with one attached hydrogen (secondary N) is 1. The molecular weight excluding hydrogens is 468 g/mol. The van der Waals surface area contributed by atoms with Gasteiger partial charge in [0.2, 0.25) is 5.75 Å². The number of nitrogens with zero attached hydrogens (tertiary/aromatic N) is 1. The van der Waals surface area contributed by atoms with Gasteiger partial charge in [0.15, 0.2) is 23.0 Å². The highest BCUT2D eigenvalue weighted by Crippen LogP contribution is 2.40. The minimum atomic E-state index is -0.629. The predicted octanol–water partition coefficient (Wildman–Crippen LogP) is 4.18. The normalized spacial score (nSPS) is 10.3. The van der Waals surface area contributed by atoms with Crippen molar-refractivity contribution in [1.82, 2.24) is 5.32 Å². The molecule has 1 N–H and O–H groups in total. The minimum absolute atomic E-state index is 0.136. The minimum Gasteiger partial charge on any atom is -0.493 e. The van der Waals surface area contributed by atoms with Gasteiger partial charge in [-0.25, -0.2) is 0 Å². The van der Waals surface area contributed by atoms with Crippen molar-refractivity contribution in [1.29, 1.82) is 0 Å². The molecule has 0 radical (unpaired) electrons. The second-order valence-electron chi connectivity index (χ2n) is 7.55. The summed E-state index contributed by atoms with van der Waals surface area (Å²) in [6, 6.07) is 15.5. The number of rotatable bonds is 12. The summed E-state index contributed by atoms with van der Waals surface area (Å²) in [4.78, 5) is 24.0. The molecule has 0 aromatic heterocycles. The van der Waals surface area contributed by atoms with Gasteiger partial charge in [-0.1, -0.05) is 36.4 Å². The van der Waals surface area contributed by atoms with Crippen LogP contribution in [0.3, 0.4) is 0 Å². The molecule has 0 aliphatic rings. The van der Waals surface area contributed by atoms with Crippen LogP contribution >= 0.6 is 0 Å². The SMILES string of the molecule is COc1cc([N+](=O)[O-])c(C(=O)NCCc2ccc(OC)c(OC)c2OC)cc1OCc1ccccc1. The number of amides is 1. The fraction of sp³-hybridized carbons (Fsp3) is 0.269. The predicted molar refractivity (Wildman–Crippen MR) is 133 cm³/mol. The fourth-order valence-corrected chi connectivity index (χ4v) is 3.66. The van der Waals surface area contributed by atoms with Crippen LogP contribution in [0.5, 0.6) is 28.7 Å². The maximum absolute atomic E-state index is 13.0. The Morgan fingerprint density at radius 2 is 1.56 bits per heavy atom. The third-order valence-corrected chi connectivity index (χ3v) is 5.43. The van der Waals surface area contributed by atoms with E-state index < -0.39 is 10.8 Å². The molecular formula is C26H28N2O8. The molecule has 0 saturated heterocycles. The van der Waals surface area contributed by atoms with Crippen LogP contribution in [-0.2, 0) is 13.0 Å². The van der Waals surface area contributed by atoms with Crippen molar-refractivity contribution >= 4 is 11.6 Å².